The van der Waals surface area contributed by atoms with Gasteiger partial charge in [0, 0.05) is 18.5 Å². The van der Waals surface area contributed by atoms with Gasteiger partial charge in [-0.15, -0.1) is 0 Å². The van der Waals surface area contributed by atoms with Crippen molar-refractivity contribution in [2.75, 3.05) is 6.54 Å². The Morgan fingerprint density at radius 2 is 1.88 bits per heavy atom. The molecular weight excluding hydrogens is 216 g/mol. The zero-order valence-corrected chi connectivity index (χ0v) is 10.4. The standard InChI is InChI=1S/C13H24N2O2/c14-11-4-3-10(7-11)13(17)15-8-9-1-5-12(16)6-2-9/h9-12,16H,1-8,14H2,(H,15,17). The van der Waals surface area contributed by atoms with Gasteiger partial charge in [0.2, 0.25) is 5.91 Å². The van der Waals surface area contributed by atoms with E-state index in [0.717, 1.165) is 51.5 Å². The molecule has 4 N–H and O–H groups in total. The zero-order valence-electron chi connectivity index (χ0n) is 10.4. The summed E-state index contributed by atoms with van der Waals surface area (Å²) in [6.07, 6.45) is 6.48. The minimum absolute atomic E-state index is 0.116. The summed E-state index contributed by atoms with van der Waals surface area (Å²) in [5.74, 6) is 0.876. The summed E-state index contributed by atoms with van der Waals surface area (Å²) in [6, 6.07) is 0.218. The molecule has 0 saturated heterocycles. The number of nitrogens with two attached hydrogens (primary N) is 1. The first kappa shape index (κ1) is 12.8. The molecule has 0 aromatic heterocycles. The van der Waals surface area contributed by atoms with Crippen molar-refractivity contribution in [1.29, 1.82) is 0 Å². The fourth-order valence-corrected chi connectivity index (χ4v) is 2.99. The highest BCUT2D eigenvalue weighted by Crippen LogP contribution is 2.26. The molecule has 2 rings (SSSR count). The molecule has 0 aliphatic heterocycles. The van der Waals surface area contributed by atoms with Gasteiger partial charge in [-0.3, -0.25) is 4.79 Å². The normalized spacial score (nSPS) is 38.0. The van der Waals surface area contributed by atoms with Crippen molar-refractivity contribution >= 4 is 5.91 Å². The van der Waals surface area contributed by atoms with E-state index in [9.17, 15) is 9.90 Å². The highest BCUT2D eigenvalue weighted by atomic mass is 16.3. The predicted octanol–water partition coefficient (Wildman–Crippen LogP) is 0.781. The van der Waals surface area contributed by atoms with Crippen LogP contribution in [0.25, 0.3) is 0 Å². The number of rotatable bonds is 3. The van der Waals surface area contributed by atoms with Crippen LogP contribution >= 0.6 is 0 Å². The van der Waals surface area contributed by atoms with E-state index >= 15 is 0 Å². The first-order valence-electron chi connectivity index (χ1n) is 6.86. The summed E-state index contributed by atoms with van der Waals surface area (Å²) in [7, 11) is 0. The van der Waals surface area contributed by atoms with Gasteiger partial charge >= 0.3 is 0 Å². The molecule has 1 amide bonds. The molecule has 2 aliphatic rings. The van der Waals surface area contributed by atoms with Crippen LogP contribution in [0.1, 0.15) is 44.9 Å². The minimum atomic E-state index is -0.116. The van der Waals surface area contributed by atoms with Gasteiger partial charge in [0.05, 0.1) is 6.10 Å². The van der Waals surface area contributed by atoms with E-state index in [1.165, 1.54) is 0 Å². The number of hydrogen-bond donors (Lipinski definition) is 3. The number of carbonyl (C=O) groups excluding carboxylic acids is 1. The SMILES string of the molecule is NC1CCC(C(=O)NCC2CCC(O)CC2)C1. The van der Waals surface area contributed by atoms with Gasteiger partial charge in [-0.1, -0.05) is 0 Å². The molecule has 2 saturated carbocycles. The Bertz CT molecular complexity index is 262. The van der Waals surface area contributed by atoms with Gasteiger partial charge in [-0.25, -0.2) is 0 Å². The lowest BCUT2D eigenvalue weighted by atomic mass is 9.87. The highest BCUT2D eigenvalue weighted by molar-refractivity contribution is 5.78. The molecule has 2 atom stereocenters. The summed E-state index contributed by atoms with van der Waals surface area (Å²) in [5, 5.41) is 12.5. The number of aliphatic hydroxyl groups excluding tert-OH is 1. The second kappa shape index (κ2) is 5.83. The molecule has 0 spiro atoms. The average Bonchev–Trinajstić information content (AvgIpc) is 2.75. The third kappa shape index (κ3) is 3.68. The van der Waals surface area contributed by atoms with Crippen LogP contribution in [0.5, 0.6) is 0 Å². The monoisotopic (exact) mass is 240 g/mol. The van der Waals surface area contributed by atoms with E-state index < -0.39 is 0 Å². The quantitative estimate of drug-likeness (QED) is 0.682. The second-order valence-corrected chi connectivity index (χ2v) is 5.69. The lowest BCUT2D eigenvalue weighted by Crippen LogP contribution is -2.35. The Balaban J connectivity index is 1.66. The first-order chi connectivity index (χ1) is 8.15. The van der Waals surface area contributed by atoms with Crippen molar-refractivity contribution < 1.29 is 9.90 Å². The fraction of sp³-hybridized carbons (Fsp3) is 0.923. The van der Waals surface area contributed by atoms with E-state index in [1.54, 1.807) is 0 Å². The maximum atomic E-state index is 11.9. The van der Waals surface area contributed by atoms with Gasteiger partial charge in [0.15, 0.2) is 0 Å². The van der Waals surface area contributed by atoms with Crippen LogP contribution in [-0.2, 0) is 4.79 Å². The molecule has 2 fully saturated rings. The van der Waals surface area contributed by atoms with Gasteiger partial charge in [0.1, 0.15) is 0 Å². The van der Waals surface area contributed by atoms with Crippen molar-refractivity contribution in [3.8, 4) is 0 Å². The second-order valence-electron chi connectivity index (χ2n) is 5.69. The van der Waals surface area contributed by atoms with Gasteiger partial charge < -0.3 is 16.2 Å². The molecule has 0 heterocycles. The lowest BCUT2D eigenvalue weighted by Gasteiger charge is -2.25. The molecule has 98 valence electrons. The molecule has 0 aromatic rings. The van der Waals surface area contributed by atoms with E-state index in [2.05, 4.69) is 5.32 Å². The molecule has 0 aromatic carbocycles. The molecular formula is C13H24N2O2. The first-order valence-corrected chi connectivity index (χ1v) is 6.86. The van der Waals surface area contributed by atoms with Crippen molar-refractivity contribution in [2.45, 2.75) is 57.1 Å². The summed E-state index contributed by atoms with van der Waals surface area (Å²) in [5.41, 5.74) is 5.81. The Labute approximate surface area is 103 Å². The summed E-state index contributed by atoms with van der Waals surface area (Å²) in [4.78, 5) is 11.9. The number of aliphatic hydroxyl groups is 1. The summed E-state index contributed by atoms with van der Waals surface area (Å²) < 4.78 is 0. The molecule has 0 radical (unpaired) electrons. The molecule has 0 bridgehead atoms. The van der Waals surface area contributed by atoms with Crippen LogP contribution in [0.4, 0.5) is 0 Å². The van der Waals surface area contributed by atoms with E-state index in [-0.39, 0.29) is 24.0 Å². The number of hydrogen-bond acceptors (Lipinski definition) is 3. The van der Waals surface area contributed by atoms with Gasteiger partial charge in [-0.05, 0) is 50.9 Å². The smallest absolute Gasteiger partial charge is 0.223 e. The Morgan fingerprint density at radius 1 is 1.18 bits per heavy atom. The topological polar surface area (TPSA) is 75.4 Å². The van der Waals surface area contributed by atoms with Crippen LogP contribution < -0.4 is 11.1 Å². The van der Waals surface area contributed by atoms with Crippen LogP contribution in [-0.4, -0.2) is 29.7 Å². The zero-order chi connectivity index (χ0) is 12.3. The maximum absolute atomic E-state index is 11.9. The van der Waals surface area contributed by atoms with Crippen molar-refractivity contribution in [1.82, 2.24) is 5.32 Å². The fourth-order valence-electron chi connectivity index (χ4n) is 2.99. The minimum Gasteiger partial charge on any atom is -0.393 e. The van der Waals surface area contributed by atoms with Crippen molar-refractivity contribution in [2.24, 2.45) is 17.6 Å². The number of carbonyl (C=O) groups is 1. The van der Waals surface area contributed by atoms with E-state index in [0.29, 0.717) is 5.92 Å². The maximum Gasteiger partial charge on any atom is 0.223 e. The molecule has 2 unspecified atom stereocenters. The Morgan fingerprint density at radius 3 is 2.47 bits per heavy atom. The largest absolute Gasteiger partial charge is 0.393 e. The molecule has 17 heavy (non-hydrogen) atoms. The van der Waals surface area contributed by atoms with Crippen LogP contribution in [0.3, 0.4) is 0 Å². The Kier molecular flexibility index (Phi) is 4.40. The van der Waals surface area contributed by atoms with Crippen molar-refractivity contribution in [3.05, 3.63) is 0 Å². The van der Waals surface area contributed by atoms with Gasteiger partial charge in [-0.2, -0.15) is 0 Å². The van der Waals surface area contributed by atoms with Crippen molar-refractivity contribution in [3.63, 3.8) is 0 Å². The van der Waals surface area contributed by atoms with Crippen LogP contribution in [0.2, 0.25) is 0 Å². The average molecular weight is 240 g/mol. The molecule has 4 heteroatoms. The van der Waals surface area contributed by atoms with Crippen LogP contribution in [0, 0.1) is 11.8 Å². The Hall–Kier alpha value is -0.610. The van der Waals surface area contributed by atoms with Crippen LogP contribution in [0.15, 0.2) is 0 Å². The van der Waals surface area contributed by atoms with E-state index in [1.807, 2.05) is 0 Å². The number of amides is 1. The lowest BCUT2D eigenvalue weighted by molar-refractivity contribution is -0.125. The number of nitrogens with one attached hydrogen (secondary N) is 1. The summed E-state index contributed by atoms with van der Waals surface area (Å²) >= 11 is 0. The molecule has 2 aliphatic carbocycles. The summed E-state index contributed by atoms with van der Waals surface area (Å²) in [6.45, 7) is 0.775. The molecule has 4 nitrogen and oxygen atoms in total. The predicted molar refractivity (Wildman–Crippen MR) is 66.3 cm³/mol. The highest BCUT2D eigenvalue weighted by Gasteiger charge is 2.28. The third-order valence-corrected chi connectivity index (χ3v) is 4.23. The van der Waals surface area contributed by atoms with Gasteiger partial charge in [0.25, 0.3) is 0 Å². The third-order valence-electron chi connectivity index (χ3n) is 4.23. The van der Waals surface area contributed by atoms with E-state index in [4.69, 9.17) is 5.73 Å².